The fourth-order valence-corrected chi connectivity index (χ4v) is 1.98. The van der Waals surface area contributed by atoms with Crippen LogP contribution in [0.25, 0.3) is 0 Å². The number of methoxy groups -OCH3 is 2. The smallest absolute Gasteiger partial charge is 0.179 e. The van der Waals surface area contributed by atoms with Crippen LogP contribution in [0.2, 0.25) is 5.02 Å². The highest BCUT2D eigenvalue weighted by Crippen LogP contribution is 2.35. The van der Waals surface area contributed by atoms with Gasteiger partial charge in [-0.25, -0.2) is 0 Å². The van der Waals surface area contributed by atoms with Crippen LogP contribution in [0.4, 0.5) is 0 Å². The molecule has 0 aliphatic rings. The van der Waals surface area contributed by atoms with Crippen molar-refractivity contribution in [3.63, 3.8) is 0 Å². The van der Waals surface area contributed by atoms with E-state index in [2.05, 4.69) is 19.2 Å². The van der Waals surface area contributed by atoms with Crippen molar-refractivity contribution in [3.8, 4) is 11.5 Å². The SMILES string of the molecule is COc1cc(C[NH2+]CC(C)C)cc(Cl)c1OC. The van der Waals surface area contributed by atoms with E-state index in [1.807, 2.05) is 12.1 Å². The summed E-state index contributed by atoms with van der Waals surface area (Å²) in [4.78, 5) is 0. The number of halogens is 1. The summed E-state index contributed by atoms with van der Waals surface area (Å²) in [6.45, 7) is 6.42. The zero-order valence-electron chi connectivity index (χ0n) is 10.9. The maximum atomic E-state index is 6.14. The maximum absolute atomic E-state index is 6.14. The van der Waals surface area contributed by atoms with Crippen LogP contribution in [0, 0.1) is 5.92 Å². The lowest BCUT2D eigenvalue weighted by Crippen LogP contribution is -2.83. The Balaban J connectivity index is 2.77. The van der Waals surface area contributed by atoms with Gasteiger partial charge in [0.25, 0.3) is 0 Å². The molecule has 0 aliphatic heterocycles. The molecule has 17 heavy (non-hydrogen) atoms. The Morgan fingerprint density at radius 3 is 2.47 bits per heavy atom. The first-order chi connectivity index (χ1) is 8.08. The van der Waals surface area contributed by atoms with Crippen molar-refractivity contribution in [2.75, 3.05) is 20.8 Å². The number of quaternary nitrogens is 1. The first-order valence-electron chi connectivity index (χ1n) is 5.80. The minimum Gasteiger partial charge on any atom is -0.493 e. The summed E-state index contributed by atoms with van der Waals surface area (Å²) in [5.74, 6) is 1.97. The molecular formula is C13H21ClNO2+. The van der Waals surface area contributed by atoms with E-state index in [9.17, 15) is 0 Å². The average Bonchev–Trinajstić information content (AvgIpc) is 2.27. The molecule has 0 aliphatic carbocycles. The first-order valence-corrected chi connectivity index (χ1v) is 6.18. The van der Waals surface area contributed by atoms with Gasteiger partial charge in [-0.2, -0.15) is 0 Å². The van der Waals surface area contributed by atoms with Crippen LogP contribution in [0.3, 0.4) is 0 Å². The molecule has 3 nitrogen and oxygen atoms in total. The van der Waals surface area contributed by atoms with Gasteiger partial charge in [0.05, 0.1) is 25.8 Å². The molecule has 0 unspecified atom stereocenters. The van der Waals surface area contributed by atoms with Gasteiger partial charge >= 0.3 is 0 Å². The van der Waals surface area contributed by atoms with Crippen molar-refractivity contribution in [3.05, 3.63) is 22.7 Å². The van der Waals surface area contributed by atoms with E-state index in [0.717, 1.165) is 18.7 Å². The van der Waals surface area contributed by atoms with E-state index < -0.39 is 0 Å². The van der Waals surface area contributed by atoms with Crippen molar-refractivity contribution in [1.82, 2.24) is 0 Å². The Bertz CT molecular complexity index is 367. The van der Waals surface area contributed by atoms with E-state index in [1.54, 1.807) is 14.2 Å². The van der Waals surface area contributed by atoms with Gasteiger partial charge in [0.15, 0.2) is 11.5 Å². The molecule has 0 fully saturated rings. The molecule has 0 aromatic heterocycles. The Kier molecular flexibility index (Phi) is 5.59. The Hall–Kier alpha value is -0.930. The van der Waals surface area contributed by atoms with E-state index in [1.165, 1.54) is 0 Å². The van der Waals surface area contributed by atoms with Crippen LogP contribution in [-0.4, -0.2) is 20.8 Å². The summed E-state index contributed by atoms with van der Waals surface area (Å²) in [6, 6.07) is 3.90. The quantitative estimate of drug-likeness (QED) is 0.848. The van der Waals surface area contributed by atoms with Gasteiger partial charge in [-0.1, -0.05) is 25.4 Å². The molecule has 1 aromatic carbocycles. The molecule has 0 saturated heterocycles. The van der Waals surface area contributed by atoms with E-state index in [0.29, 0.717) is 22.4 Å². The van der Waals surface area contributed by atoms with Crippen LogP contribution in [-0.2, 0) is 6.54 Å². The molecular weight excluding hydrogens is 238 g/mol. The fraction of sp³-hybridized carbons (Fsp3) is 0.538. The molecule has 1 aromatic rings. The van der Waals surface area contributed by atoms with Crippen molar-refractivity contribution >= 4 is 11.6 Å². The van der Waals surface area contributed by atoms with E-state index in [4.69, 9.17) is 21.1 Å². The third-order valence-electron chi connectivity index (χ3n) is 2.51. The second kappa shape index (κ2) is 6.72. The van der Waals surface area contributed by atoms with Gasteiger partial charge < -0.3 is 14.8 Å². The minimum absolute atomic E-state index is 0.597. The molecule has 2 N–H and O–H groups in total. The summed E-state index contributed by atoms with van der Waals surface area (Å²) in [6.07, 6.45) is 0. The highest BCUT2D eigenvalue weighted by molar-refractivity contribution is 6.32. The van der Waals surface area contributed by atoms with Crippen molar-refractivity contribution in [2.24, 2.45) is 5.92 Å². The number of nitrogens with two attached hydrogens (primary N) is 1. The third-order valence-corrected chi connectivity index (χ3v) is 2.79. The Morgan fingerprint density at radius 1 is 1.24 bits per heavy atom. The van der Waals surface area contributed by atoms with Crippen LogP contribution in [0.5, 0.6) is 11.5 Å². The van der Waals surface area contributed by atoms with Gasteiger partial charge in [0, 0.05) is 11.5 Å². The normalized spacial score (nSPS) is 10.7. The highest BCUT2D eigenvalue weighted by atomic mass is 35.5. The zero-order valence-corrected chi connectivity index (χ0v) is 11.7. The first kappa shape index (κ1) is 14.1. The maximum Gasteiger partial charge on any atom is 0.179 e. The molecule has 0 spiro atoms. The summed E-state index contributed by atoms with van der Waals surface area (Å²) >= 11 is 6.14. The van der Waals surface area contributed by atoms with Gasteiger partial charge in [-0.3, -0.25) is 0 Å². The van der Waals surface area contributed by atoms with Gasteiger partial charge in [-0.05, 0) is 12.1 Å². The van der Waals surface area contributed by atoms with Crippen molar-refractivity contribution < 1.29 is 14.8 Å². The lowest BCUT2D eigenvalue weighted by atomic mass is 10.1. The summed E-state index contributed by atoms with van der Waals surface area (Å²) in [5, 5.41) is 2.86. The third kappa shape index (κ3) is 4.10. The summed E-state index contributed by atoms with van der Waals surface area (Å²) < 4.78 is 10.5. The highest BCUT2D eigenvalue weighted by Gasteiger charge is 2.11. The molecule has 0 saturated carbocycles. The van der Waals surface area contributed by atoms with Gasteiger partial charge in [0.2, 0.25) is 0 Å². The van der Waals surface area contributed by atoms with Gasteiger partial charge in [0.1, 0.15) is 6.54 Å². The number of ether oxygens (including phenoxy) is 2. The summed E-state index contributed by atoms with van der Waals surface area (Å²) in [7, 11) is 3.21. The second-order valence-corrected chi connectivity index (χ2v) is 4.84. The lowest BCUT2D eigenvalue weighted by Gasteiger charge is -2.11. The van der Waals surface area contributed by atoms with Crippen LogP contribution < -0.4 is 14.8 Å². The fourth-order valence-electron chi connectivity index (χ4n) is 1.67. The molecule has 0 heterocycles. The van der Waals surface area contributed by atoms with E-state index >= 15 is 0 Å². The number of hydrogen-bond acceptors (Lipinski definition) is 2. The Morgan fingerprint density at radius 2 is 1.94 bits per heavy atom. The van der Waals surface area contributed by atoms with Crippen molar-refractivity contribution in [1.29, 1.82) is 0 Å². The molecule has 0 radical (unpaired) electrons. The standard InChI is InChI=1S/C13H20ClNO2/c1-9(2)7-15-8-10-5-11(14)13(17-4)12(6-10)16-3/h5-6,9,15H,7-8H2,1-4H3/p+1. The van der Waals surface area contributed by atoms with E-state index in [-0.39, 0.29) is 0 Å². The largest absolute Gasteiger partial charge is 0.493 e. The molecule has 1 rings (SSSR count). The predicted octanol–water partition coefficient (Wildman–Crippen LogP) is 2.08. The van der Waals surface area contributed by atoms with Crippen LogP contribution in [0.15, 0.2) is 12.1 Å². The zero-order chi connectivity index (χ0) is 12.8. The molecule has 0 amide bonds. The van der Waals surface area contributed by atoms with Crippen LogP contribution in [0.1, 0.15) is 19.4 Å². The average molecular weight is 259 g/mol. The minimum atomic E-state index is 0.597. The Labute approximate surface area is 108 Å². The summed E-state index contributed by atoms with van der Waals surface area (Å²) in [5.41, 5.74) is 1.15. The molecule has 96 valence electrons. The predicted molar refractivity (Wildman–Crippen MR) is 69.9 cm³/mol. The van der Waals surface area contributed by atoms with Crippen LogP contribution >= 0.6 is 11.6 Å². The topological polar surface area (TPSA) is 35.1 Å². The molecule has 0 atom stereocenters. The molecule has 4 heteroatoms. The molecule has 0 bridgehead atoms. The van der Waals surface area contributed by atoms with Gasteiger partial charge in [-0.15, -0.1) is 0 Å². The number of hydrogen-bond donors (Lipinski definition) is 1. The van der Waals surface area contributed by atoms with Crippen molar-refractivity contribution in [2.45, 2.75) is 20.4 Å². The monoisotopic (exact) mass is 258 g/mol. The lowest BCUT2D eigenvalue weighted by molar-refractivity contribution is -0.675. The second-order valence-electron chi connectivity index (χ2n) is 4.44. The number of rotatable bonds is 6. The number of benzene rings is 1.